The summed E-state index contributed by atoms with van der Waals surface area (Å²) < 4.78 is 2.92. The third-order valence-electron chi connectivity index (χ3n) is 4.28. The Kier molecular flexibility index (Phi) is 6.23. The van der Waals surface area contributed by atoms with Crippen LogP contribution in [0.5, 0.6) is 0 Å². The second-order valence-electron chi connectivity index (χ2n) is 5.73. The van der Waals surface area contributed by atoms with E-state index in [1.807, 2.05) is 11.7 Å². The topological polar surface area (TPSA) is 41.3 Å². The van der Waals surface area contributed by atoms with Crippen molar-refractivity contribution in [2.45, 2.75) is 59.1 Å². The van der Waals surface area contributed by atoms with Crippen molar-refractivity contribution in [3.8, 4) is 0 Å². The highest BCUT2D eigenvalue weighted by molar-refractivity contribution is 9.10. The van der Waals surface area contributed by atoms with E-state index in [9.17, 15) is 5.11 Å². The number of halogens is 1. The first-order valence-electron chi connectivity index (χ1n) is 7.42. The molecule has 1 rings (SSSR count). The molecule has 5 heteroatoms. The van der Waals surface area contributed by atoms with E-state index < -0.39 is 6.10 Å². The molecule has 1 aromatic rings. The van der Waals surface area contributed by atoms with Crippen molar-refractivity contribution < 1.29 is 5.11 Å². The van der Waals surface area contributed by atoms with Crippen LogP contribution in [0.25, 0.3) is 0 Å². The molecule has 0 saturated carbocycles. The predicted octanol–water partition coefficient (Wildman–Crippen LogP) is 2.77. The monoisotopic (exact) mass is 345 g/mol. The molecule has 1 N–H and O–H groups in total. The van der Waals surface area contributed by atoms with Crippen molar-refractivity contribution in [2.24, 2.45) is 7.05 Å². The molecule has 0 aliphatic rings. The van der Waals surface area contributed by atoms with Crippen molar-refractivity contribution in [3.05, 3.63) is 15.9 Å². The Hall–Kier alpha value is -0.390. The number of likely N-dealkylation sites (N-methyl/N-ethyl adjacent to an activating group) is 1. The number of aliphatic hydroxyl groups excluding tert-OH is 1. The summed E-state index contributed by atoms with van der Waals surface area (Å²) in [6.45, 7) is 12.4. The SMILES string of the molecule is CCc1nn(C)c(CC(O)C(C)(C)N(CC)CC)c1Br. The van der Waals surface area contributed by atoms with Crippen LogP contribution in [-0.4, -0.2) is 44.5 Å². The number of hydrogen-bond acceptors (Lipinski definition) is 3. The minimum absolute atomic E-state index is 0.250. The molecule has 0 aliphatic carbocycles. The highest BCUT2D eigenvalue weighted by atomic mass is 79.9. The standard InChI is InChI=1S/C15H28BrN3O/c1-7-11-14(16)12(18(6)17-11)10-13(20)15(4,5)19(8-2)9-3/h13,20H,7-10H2,1-6H3. The first kappa shape index (κ1) is 17.7. The molecule has 1 atom stereocenters. The number of aliphatic hydroxyl groups is 1. The van der Waals surface area contributed by atoms with Crippen molar-refractivity contribution in [1.82, 2.24) is 14.7 Å². The van der Waals surface area contributed by atoms with Crippen molar-refractivity contribution in [2.75, 3.05) is 13.1 Å². The fraction of sp³-hybridized carbons (Fsp3) is 0.800. The van der Waals surface area contributed by atoms with Crippen molar-refractivity contribution in [3.63, 3.8) is 0 Å². The van der Waals surface area contributed by atoms with Gasteiger partial charge < -0.3 is 5.11 Å². The number of aromatic nitrogens is 2. The third kappa shape index (κ3) is 3.43. The molecule has 0 aliphatic heterocycles. The summed E-state index contributed by atoms with van der Waals surface area (Å²) in [5, 5.41) is 15.2. The maximum Gasteiger partial charge on any atom is 0.0774 e. The highest BCUT2D eigenvalue weighted by Crippen LogP contribution is 2.27. The van der Waals surface area contributed by atoms with Gasteiger partial charge in [-0.05, 0) is 49.3 Å². The zero-order valence-electron chi connectivity index (χ0n) is 13.6. The van der Waals surface area contributed by atoms with Crippen LogP contribution in [0, 0.1) is 0 Å². The summed E-state index contributed by atoms with van der Waals surface area (Å²) in [7, 11) is 1.94. The molecule has 1 heterocycles. The second kappa shape index (κ2) is 7.05. The van der Waals surface area contributed by atoms with Crippen LogP contribution in [0.2, 0.25) is 0 Å². The van der Waals surface area contributed by atoms with Gasteiger partial charge in [-0.1, -0.05) is 20.8 Å². The van der Waals surface area contributed by atoms with Gasteiger partial charge in [-0.2, -0.15) is 5.10 Å². The lowest BCUT2D eigenvalue weighted by atomic mass is 9.91. The zero-order chi connectivity index (χ0) is 15.5. The molecule has 0 fully saturated rings. The molecule has 1 aromatic heterocycles. The lowest BCUT2D eigenvalue weighted by Gasteiger charge is -2.41. The first-order valence-corrected chi connectivity index (χ1v) is 8.22. The molecule has 116 valence electrons. The van der Waals surface area contributed by atoms with E-state index in [0.29, 0.717) is 6.42 Å². The summed E-state index contributed by atoms with van der Waals surface area (Å²) in [6.07, 6.45) is 1.07. The molecule has 0 aromatic carbocycles. The fourth-order valence-corrected chi connectivity index (χ4v) is 3.50. The van der Waals surface area contributed by atoms with Gasteiger partial charge in [0.15, 0.2) is 0 Å². The molecule has 4 nitrogen and oxygen atoms in total. The van der Waals surface area contributed by atoms with Crippen molar-refractivity contribution in [1.29, 1.82) is 0 Å². The van der Waals surface area contributed by atoms with Gasteiger partial charge in [0, 0.05) is 19.0 Å². The summed E-state index contributed by atoms with van der Waals surface area (Å²) in [4.78, 5) is 2.29. The van der Waals surface area contributed by atoms with E-state index in [-0.39, 0.29) is 5.54 Å². The summed E-state index contributed by atoms with van der Waals surface area (Å²) >= 11 is 3.62. The van der Waals surface area contributed by atoms with Gasteiger partial charge in [0.1, 0.15) is 0 Å². The van der Waals surface area contributed by atoms with E-state index >= 15 is 0 Å². The number of nitrogens with zero attached hydrogens (tertiary/aromatic N) is 3. The average molecular weight is 346 g/mol. The lowest BCUT2D eigenvalue weighted by molar-refractivity contribution is -0.00515. The Morgan fingerprint density at radius 1 is 1.30 bits per heavy atom. The fourth-order valence-electron chi connectivity index (χ4n) is 2.72. The molecule has 0 saturated heterocycles. The summed E-state index contributed by atoms with van der Waals surface area (Å²) in [6, 6.07) is 0. The molecule has 1 unspecified atom stereocenters. The second-order valence-corrected chi connectivity index (χ2v) is 6.52. The smallest absolute Gasteiger partial charge is 0.0774 e. The average Bonchev–Trinajstić information content (AvgIpc) is 2.67. The van der Waals surface area contributed by atoms with Crippen molar-refractivity contribution >= 4 is 15.9 Å². The first-order chi connectivity index (χ1) is 9.29. The Morgan fingerprint density at radius 3 is 2.25 bits per heavy atom. The quantitative estimate of drug-likeness (QED) is 0.825. The largest absolute Gasteiger partial charge is 0.391 e. The van der Waals surface area contributed by atoms with E-state index in [1.165, 1.54) is 0 Å². The molecular formula is C15H28BrN3O. The Balaban J connectivity index is 2.95. The summed E-state index contributed by atoms with van der Waals surface area (Å²) in [5.74, 6) is 0. The van der Waals surface area contributed by atoms with Crippen LogP contribution in [0.15, 0.2) is 4.47 Å². The van der Waals surface area contributed by atoms with Gasteiger partial charge in [-0.3, -0.25) is 9.58 Å². The number of aryl methyl sites for hydroxylation is 2. The van der Waals surface area contributed by atoms with E-state index in [4.69, 9.17) is 0 Å². The van der Waals surface area contributed by atoms with Crippen LogP contribution >= 0.6 is 15.9 Å². The van der Waals surface area contributed by atoms with Gasteiger partial charge in [0.2, 0.25) is 0 Å². The third-order valence-corrected chi connectivity index (χ3v) is 5.20. The zero-order valence-corrected chi connectivity index (χ0v) is 15.2. The molecule has 0 spiro atoms. The minimum Gasteiger partial charge on any atom is -0.391 e. The highest BCUT2D eigenvalue weighted by Gasteiger charge is 2.34. The Morgan fingerprint density at radius 2 is 1.85 bits per heavy atom. The molecule has 0 bridgehead atoms. The van der Waals surface area contributed by atoms with Crippen LogP contribution in [0.4, 0.5) is 0 Å². The lowest BCUT2D eigenvalue weighted by Crippen LogP contribution is -2.53. The van der Waals surface area contributed by atoms with E-state index in [2.05, 4.69) is 60.5 Å². The molecule has 20 heavy (non-hydrogen) atoms. The molecular weight excluding hydrogens is 318 g/mol. The van der Waals surface area contributed by atoms with Crippen LogP contribution in [-0.2, 0) is 19.9 Å². The van der Waals surface area contributed by atoms with Gasteiger partial charge in [-0.15, -0.1) is 0 Å². The maximum absolute atomic E-state index is 10.7. The van der Waals surface area contributed by atoms with Gasteiger partial charge >= 0.3 is 0 Å². The van der Waals surface area contributed by atoms with Crippen LogP contribution in [0.3, 0.4) is 0 Å². The normalized spacial score (nSPS) is 14.1. The number of rotatable bonds is 7. The summed E-state index contributed by atoms with van der Waals surface area (Å²) in [5.41, 5.74) is 1.87. The Labute approximate surface area is 131 Å². The van der Waals surface area contributed by atoms with Crippen LogP contribution < -0.4 is 0 Å². The van der Waals surface area contributed by atoms with Gasteiger partial charge in [0.25, 0.3) is 0 Å². The number of hydrogen-bond donors (Lipinski definition) is 1. The van der Waals surface area contributed by atoms with Crippen LogP contribution in [0.1, 0.15) is 46.0 Å². The minimum atomic E-state index is -0.432. The molecule has 0 amide bonds. The van der Waals surface area contributed by atoms with E-state index in [0.717, 1.165) is 35.4 Å². The Bertz CT molecular complexity index is 439. The predicted molar refractivity (Wildman–Crippen MR) is 87.0 cm³/mol. The van der Waals surface area contributed by atoms with E-state index in [1.54, 1.807) is 0 Å². The molecule has 0 radical (unpaired) electrons. The maximum atomic E-state index is 10.7. The van der Waals surface area contributed by atoms with Gasteiger partial charge in [-0.25, -0.2) is 0 Å². The van der Waals surface area contributed by atoms with Gasteiger partial charge in [0.05, 0.1) is 22.0 Å².